The van der Waals surface area contributed by atoms with Crippen molar-refractivity contribution in [3.63, 3.8) is 0 Å². The first-order valence-electron chi connectivity index (χ1n) is 7.90. The van der Waals surface area contributed by atoms with Crippen LogP contribution in [0.5, 0.6) is 5.75 Å². The molecule has 0 fully saturated rings. The zero-order chi connectivity index (χ0) is 15.9. The zero-order valence-electron chi connectivity index (χ0n) is 13.3. The number of hydrogen-bond acceptors (Lipinski definition) is 3. The predicted octanol–water partition coefficient (Wildman–Crippen LogP) is 3.69. The van der Waals surface area contributed by atoms with Crippen LogP contribution in [-0.2, 0) is 6.54 Å². The second kappa shape index (κ2) is 7.69. The maximum Gasteiger partial charge on any atom is 0.274 e. The third kappa shape index (κ3) is 3.70. The van der Waals surface area contributed by atoms with Gasteiger partial charge in [-0.1, -0.05) is 31.9 Å². The van der Waals surface area contributed by atoms with Gasteiger partial charge in [-0.25, -0.2) is 0 Å². The lowest BCUT2D eigenvalue weighted by atomic mass is 10.1. The summed E-state index contributed by atoms with van der Waals surface area (Å²) >= 11 is 0. The van der Waals surface area contributed by atoms with Crippen LogP contribution in [0, 0.1) is 0 Å². The molecule has 0 saturated heterocycles. The molecule has 0 spiro atoms. The standard InChI is InChI=1S/C18H24N2O2/c1-3-5-6-12-20-17(11-10-16(19)18(20)21)14-8-7-9-15(13-14)22-4-2/h7-11,13H,3-6,12,19H2,1-2H3. The van der Waals surface area contributed by atoms with E-state index in [0.29, 0.717) is 18.8 Å². The molecule has 118 valence electrons. The molecule has 0 amide bonds. The number of nitrogens with zero attached hydrogens (tertiary/aromatic N) is 1. The van der Waals surface area contributed by atoms with E-state index in [1.165, 1.54) is 0 Å². The van der Waals surface area contributed by atoms with Crippen LogP contribution in [0.3, 0.4) is 0 Å². The van der Waals surface area contributed by atoms with E-state index in [2.05, 4.69) is 6.92 Å². The van der Waals surface area contributed by atoms with Crippen LogP contribution in [0.2, 0.25) is 0 Å². The number of pyridine rings is 1. The Morgan fingerprint density at radius 3 is 2.68 bits per heavy atom. The second-order valence-electron chi connectivity index (χ2n) is 5.30. The van der Waals surface area contributed by atoms with Crippen molar-refractivity contribution < 1.29 is 4.74 Å². The minimum atomic E-state index is -0.115. The summed E-state index contributed by atoms with van der Waals surface area (Å²) < 4.78 is 7.32. The Morgan fingerprint density at radius 2 is 1.95 bits per heavy atom. The zero-order valence-corrected chi connectivity index (χ0v) is 13.3. The number of hydrogen-bond donors (Lipinski definition) is 1. The minimum absolute atomic E-state index is 0.115. The van der Waals surface area contributed by atoms with Crippen molar-refractivity contribution in [1.29, 1.82) is 0 Å². The second-order valence-corrected chi connectivity index (χ2v) is 5.30. The third-order valence-corrected chi connectivity index (χ3v) is 3.63. The molecule has 1 aromatic heterocycles. The highest BCUT2D eigenvalue weighted by molar-refractivity contribution is 5.63. The van der Waals surface area contributed by atoms with Crippen molar-refractivity contribution in [3.05, 3.63) is 46.8 Å². The Morgan fingerprint density at radius 1 is 1.14 bits per heavy atom. The van der Waals surface area contributed by atoms with E-state index < -0.39 is 0 Å². The maximum atomic E-state index is 12.4. The average Bonchev–Trinajstić information content (AvgIpc) is 2.52. The Balaban J connectivity index is 2.43. The largest absolute Gasteiger partial charge is 0.494 e. The highest BCUT2D eigenvalue weighted by Crippen LogP contribution is 2.24. The Hall–Kier alpha value is -2.23. The van der Waals surface area contributed by atoms with Crippen molar-refractivity contribution in [2.45, 2.75) is 39.7 Å². The van der Waals surface area contributed by atoms with Crippen LogP contribution in [0.15, 0.2) is 41.2 Å². The topological polar surface area (TPSA) is 57.2 Å². The number of benzene rings is 1. The van der Waals surface area contributed by atoms with Crippen LogP contribution in [0.1, 0.15) is 33.1 Å². The van der Waals surface area contributed by atoms with E-state index in [9.17, 15) is 4.79 Å². The summed E-state index contributed by atoms with van der Waals surface area (Å²) in [6, 6.07) is 11.4. The molecule has 0 radical (unpaired) electrons. The fourth-order valence-corrected chi connectivity index (χ4v) is 2.50. The van der Waals surface area contributed by atoms with Gasteiger partial charge in [-0.05, 0) is 37.6 Å². The summed E-state index contributed by atoms with van der Waals surface area (Å²) in [5.41, 5.74) is 7.83. The predicted molar refractivity (Wildman–Crippen MR) is 91.2 cm³/mol. The van der Waals surface area contributed by atoms with Gasteiger partial charge in [0.25, 0.3) is 5.56 Å². The van der Waals surface area contributed by atoms with E-state index >= 15 is 0 Å². The van der Waals surface area contributed by atoms with Crippen LogP contribution in [0.25, 0.3) is 11.3 Å². The summed E-state index contributed by atoms with van der Waals surface area (Å²) in [5, 5.41) is 0. The van der Waals surface area contributed by atoms with E-state index in [1.54, 1.807) is 10.6 Å². The molecule has 22 heavy (non-hydrogen) atoms. The molecular formula is C18H24N2O2. The number of aromatic nitrogens is 1. The molecule has 0 aliphatic heterocycles. The number of anilines is 1. The van der Waals surface area contributed by atoms with Crippen molar-refractivity contribution in [2.24, 2.45) is 0 Å². The van der Waals surface area contributed by atoms with Crippen molar-refractivity contribution in [1.82, 2.24) is 4.57 Å². The summed E-state index contributed by atoms with van der Waals surface area (Å²) in [7, 11) is 0. The highest BCUT2D eigenvalue weighted by atomic mass is 16.5. The SMILES string of the molecule is CCCCCn1c(-c2cccc(OCC)c2)ccc(N)c1=O. The first kappa shape index (κ1) is 16.1. The van der Waals surface area contributed by atoms with E-state index in [0.717, 1.165) is 36.3 Å². The molecule has 0 bridgehead atoms. The normalized spacial score (nSPS) is 10.6. The Kier molecular flexibility index (Phi) is 5.64. The lowest BCUT2D eigenvalue weighted by Crippen LogP contribution is -2.24. The van der Waals surface area contributed by atoms with Crippen molar-refractivity contribution in [3.8, 4) is 17.0 Å². The summed E-state index contributed by atoms with van der Waals surface area (Å²) in [5.74, 6) is 0.810. The molecule has 0 unspecified atom stereocenters. The molecule has 2 aromatic rings. The average molecular weight is 300 g/mol. The molecule has 0 saturated carbocycles. The smallest absolute Gasteiger partial charge is 0.274 e. The van der Waals surface area contributed by atoms with Gasteiger partial charge in [0.15, 0.2) is 0 Å². The van der Waals surface area contributed by atoms with Gasteiger partial charge in [-0.3, -0.25) is 4.79 Å². The Labute approximate surface area is 131 Å². The van der Waals surface area contributed by atoms with Gasteiger partial charge in [0, 0.05) is 12.1 Å². The number of nitrogens with two attached hydrogens (primary N) is 1. The van der Waals surface area contributed by atoms with Gasteiger partial charge in [0.05, 0.1) is 18.0 Å². The first-order chi connectivity index (χ1) is 10.7. The molecule has 0 atom stereocenters. The number of unbranched alkanes of at least 4 members (excludes halogenated alkanes) is 2. The van der Waals surface area contributed by atoms with Gasteiger partial charge in [0.1, 0.15) is 5.75 Å². The molecule has 2 rings (SSSR count). The molecule has 1 heterocycles. The molecule has 0 aliphatic carbocycles. The maximum absolute atomic E-state index is 12.4. The summed E-state index contributed by atoms with van der Waals surface area (Å²) in [6.45, 7) is 5.41. The molecular weight excluding hydrogens is 276 g/mol. The quantitative estimate of drug-likeness (QED) is 0.793. The summed E-state index contributed by atoms with van der Waals surface area (Å²) in [6.07, 6.45) is 3.18. The highest BCUT2D eigenvalue weighted by Gasteiger charge is 2.09. The molecule has 4 nitrogen and oxygen atoms in total. The van der Waals surface area contributed by atoms with E-state index in [-0.39, 0.29) is 5.56 Å². The minimum Gasteiger partial charge on any atom is -0.494 e. The molecule has 4 heteroatoms. The number of ether oxygens (including phenoxy) is 1. The van der Waals surface area contributed by atoms with Crippen LogP contribution in [0.4, 0.5) is 5.69 Å². The summed E-state index contributed by atoms with van der Waals surface area (Å²) in [4.78, 5) is 12.4. The van der Waals surface area contributed by atoms with Crippen molar-refractivity contribution in [2.75, 3.05) is 12.3 Å². The van der Waals surface area contributed by atoms with Crippen LogP contribution < -0.4 is 16.0 Å². The lowest BCUT2D eigenvalue weighted by Gasteiger charge is -2.14. The number of nitrogen functional groups attached to an aromatic ring is 1. The van der Waals surface area contributed by atoms with Gasteiger partial charge >= 0.3 is 0 Å². The number of rotatable bonds is 7. The monoisotopic (exact) mass is 300 g/mol. The molecule has 1 aromatic carbocycles. The lowest BCUT2D eigenvalue weighted by molar-refractivity contribution is 0.340. The first-order valence-corrected chi connectivity index (χ1v) is 7.90. The molecule has 2 N–H and O–H groups in total. The van der Waals surface area contributed by atoms with Gasteiger partial charge < -0.3 is 15.0 Å². The van der Waals surface area contributed by atoms with E-state index in [4.69, 9.17) is 10.5 Å². The fourth-order valence-electron chi connectivity index (χ4n) is 2.50. The van der Waals surface area contributed by atoms with Gasteiger partial charge in [0.2, 0.25) is 0 Å². The van der Waals surface area contributed by atoms with Crippen molar-refractivity contribution >= 4 is 5.69 Å². The van der Waals surface area contributed by atoms with Crippen LogP contribution in [-0.4, -0.2) is 11.2 Å². The third-order valence-electron chi connectivity index (χ3n) is 3.63. The fraction of sp³-hybridized carbons (Fsp3) is 0.389. The van der Waals surface area contributed by atoms with E-state index in [1.807, 2.05) is 37.3 Å². The van der Waals surface area contributed by atoms with Gasteiger partial charge in [-0.15, -0.1) is 0 Å². The Bertz CT molecular complexity index is 677. The van der Waals surface area contributed by atoms with Crippen LogP contribution >= 0.6 is 0 Å². The van der Waals surface area contributed by atoms with Gasteiger partial charge in [-0.2, -0.15) is 0 Å². The molecule has 0 aliphatic rings.